The quantitative estimate of drug-likeness (QED) is 0.602. The number of hydrogen-bond acceptors (Lipinski definition) is 5. The Bertz CT molecular complexity index is 433. The van der Waals surface area contributed by atoms with Crippen LogP contribution in [-0.2, 0) is 19.6 Å². The standard InChI is InChI=1S/C14H29N3O4S/c1-16(2)8-5-9-17(22(3,19)20)10-7-14(18)15-12-13-6-4-11-21-13/h13H,4-12H2,1-3H3,(H,15,18). The average Bonchev–Trinajstić information content (AvgIpc) is 2.91. The Morgan fingerprint density at radius 2 is 2.00 bits per heavy atom. The summed E-state index contributed by atoms with van der Waals surface area (Å²) in [7, 11) is 0.616. The maximum Gasteiger partial charge on any atom is 0.221 e. The third kappa shape index (κ3) is 8.07. The predicted molar refractivity (Wildman–Crippen MR) is 86.2 cm³/mol. The van der Waals surface area contributed by atoms with Gasteiger partial charge in [-0.15, -0.1) is 0 Å². The first-order chi connectivity index (χ1) is 10.3. The highest BCUT2D eigenvalue weighted by Crippen LogP contribution is 2.10. The van der Waals surface area contributed by atoms with Crippen molar-refractivity contribution >= 4 is 15.9 Å². The largest absolute Gasteiger partial charge is 0.376 e. The fourth-order valence-electron chi connectivity index (χ4n) is 2.35. The zero-order valence-electron chi connectivity index (χ0n) is 13.9. The van der Waals surface area contributed by atoms with Crippen LogP contribution in [0.4, 0.5) is 0 Å². The molecule has 0 saturated carbocycles. The number of nitrogens with one attached hydrogen (secondary N) is 1. The minimum Gasteiger partial charge on any atom is -0.376 e. The van der Waals surface area contributed by atoms with E-state index in [1.807, 2.05) is 19.0 Å². The van der Waals surface area contributed by atoms with Gasteiger partial charge in [-0.2, -0.15) is 0 Å². The van der Waals surface area contributed by atoms with Gasteiger partial charge in [0.15, 0.2) is 0 Å². The zero-order chi connectivity index (χ0) is 16.6. The van der Waals surface area contributed by atoms with Crippen LogP contribution in [0.15, 0.2) is 0 Å². The molecule has 1 saturated heterocycles. The lowest BCUT2D eigenvalue weighted by Gasteiger charge is -2.21. The maximum absolute atomic E-state index is 11.8. The molecule has 1 heterocycles. The molecule has 0 radical (unpaired) electrons. The van der Waals surface area contributed by atoms with Gasteiger partial charge < -0.3 is 15.0 Å². The molecule has 22 heavy (non-hydrogen) atoms. The second-order valence-electron chi connectivity index (χ2n) is 6.01. The van der Waals surface area contributed by atoms with Gasteiger partial charge in [0, 0.05) is 32.7 Å². The molecule has 8 heteroatoms. The molecule has 130 valence electrons. The highest BCUT2D eigenvalue weighted by atomic mass is 32.2. The van der Waals surface area contributed by atoms with Crippen molar-refractivity contribution in [1.82, 2.24) is 14.5 Å². The molecule has 0 spiro atoms. The van der Waals surface area contributed by atoms with Gasteiger partial charge in [-0.3, -0.25) is 4.79 Å². The van der Waals surface area contributed by atoms with Gasteiger partial charge in [-0.25, -0.2) is 12.7 Å². The van der Waals surface area contributed by atoms with Crippen molar-refractivity contribution in [3.05, 3.63) is 0 Å². The molecule has 0 aliphatic carbocycles. The van der Waals surface area contributed by atoms with Crippen molar-refractivity contribution in [3.8, 4) is 0 Å². The van der Waals surface area contributed by atoms with Crippen LogP contribution in [0.3, 0.4) is 0 Å². The van der Waals surface area contributed by atoms with Gasteiger partial charge in [0.2, 0.25) is 15.9 Å². The van der Waals surface area contributed by atoms with Crippen molar-refractivity contribution in [2.45, 2.75) is 31.8 Å². The monoisotopic (exact) mass is 335 g/mol. The molecule has 1 amide bonds. The molecule has 0 bridgehead atoms. The number of nitrogens with zero attached hydrogens (tertiary/aromatic N) is 2. The number of rotatable bonds is 10. The minimum atomic E-state index is -3.28. The Morgan fingerprint density at radius 1 is 1.27 bits per heavy atom. The Morgan fingerprint density at radius 3 is 2.55 bits per heavy atom. The topological polar surface area (TPSA) is 79.0 Å². The normalized spacial score (nSPS) is 19.0. The van der Waals surface area contributed by atoms with Crippen molar-refractivity contribution in [2.24, 2.45) is 0 Å². The third-order valence-electron chi connectivity index (χ3n) is 3.62. The third-order valence-corrected chi connectivity index (χ3v) is 4.92. The molecule has 0 aromatic heterocycles. The summed E-state index contributed by atoms with van der Waals surface area (Å²) >= 11 is 0. The van der Waals surface area contributed by atoms with E-state index in [1.165, 1.54) is 10.6 Å². The summed E-state index contributed by atoms with van der Waals surface area (Å²) in [4.78, 5) is 13.8. The molecule has 7 nitrogen and oxygen atoms in total. The summed E-state index contributed by atoms with van der Waals surface area (Å²) < 4.78 is 30.3. The van der Waals surface area contributed by atoms with E-state index >= 15 is 0 Å². The fraction of sp³-hybridized carbons (Fsp3) is 0.929. The van der Waals surface area contributed by atoms with Crippen LogP contribution in [0.25, 0.3) is 0 Å². The molecule has 1 unspecified atom stereocenters. The molecule has 1 rings (SSSR count). The summed E-state index contributed by atoms with van der Waals surface area (Å²) in [5, 5.41) is 2.81. The van der Waals surface area contributed by atoms with E-state index in [1.54, 1.807) is 0 Å². The van der Waals surface area contributed by atoms with E-state index in [9.17, 15) is 13.2 Å². The summed E-state index contributed by atoms with van der Waals surface area (Å²) in [5.41, 5.74) is 0. The number of carbonyl (C=O) groups excluding carboxylic acids is 1. The SMILES string of the molecule is CN(C)CCCN(CCC(=O)NCC1CCCO1)S(C)(=O)=O. The highest BCUT2D eigenvalue weighted by Gasteiger charge is 2.19. The van der Waals surface area contributed by atoms with Gasteiger partial charge in [-0.05, 0) is 39.9 Å². The van der Waals surface area contributed by atoms with E-state index in [4.69, 9.17) is 4.74 Å². The lowest BCUT2D eigenvalue weighted by molar-refractivity contribution is -0.121. The smallest absolute Gasteiger partial charge is 0.221 e. The van der Waals surface area contributed by atoms with Crippen LogP contribution in [0.5, 0.6) is 0 Å². The average molecular weight is 335 g/mol. The van der Waals surface area contributed by atoms with Crippen LogP contribution in [-0.4, -0.2) is 82.8 Å². The van der Waals surface area contributed by atoms with E-state index in [0.717, 1.165) is 32.4 Å². The summed E-state index contributed by atoms with van der Waals surface area (Å²) in [5.74, 6) is -0.128. The van der Waals surface area contributed by atoms with Crippen LogP contribution in [0.1, 0.15) is 25.7 Å². The molecule has 0 aromatic carbocycles. The molecule has 1 aliphatic heterocycles. The molecule has 1 fully saturated rings. The minimum absolute atomic E-state index is 0.107. The van der Waals surface area contributed by atoms with Crippen molar-refractivity contribution in [3.63, 3.8) is 0 Å². The number of ether oxygens (including phenoxy) is 1. The lowest BCUT2D eigenvalue weighted by atomic mass is 10.2. The fourth-order valence-corrected chi connectivity index (χ4v) is 3.24. The highest BCUT2D eigenvalue weighted by molar-refractivity contribution is 7.88. The molecule has 1 aliphatic rings. The second-order valence-corrected chi connectivity index (χ2v) is 7.99. The zero-order valence-corrected chi connectivity index (χ0v) is 14.7. The molecule has 1 atom stereocenters. The second kappa shape index (κ2) is 9.44. The van der Waals surface area contributed by atoms with Crippen LogP contribution >= 0.6 is 0 Å². The van der Waals surface area contributed by atoms with Gasteiger partial charge >= 0.3 is 0 Å². The Hall–Kier alpha value is -0.700. The summed E-state index contributed by atoms with van der Waals surface area (Å²) in [6.07, 6.45) is 4.23. The summed E-state index contributed by atoms with van der Waals surface area (Å²) in [6, 6.07) is 0. The van der Waals surface area contributed by atoms with Crippen LogP contribution in [0, 0.1) is 0 Å². The predicted octanol–water partition coefficient (Wildman–Crippen LogP) is -0.115. The number of carbonyl (C=O) groups is 1. The van der Waals surface area contributed by atoms with Crippen molar-refractivity contribution < 1.29 is 17.9 Å². The van der Waals surface area contributed by atoms with Gasteiger partial charge in [0.05, 0.1) is 12.4 Å². The Labute approximate surface area is 134 Å². The van der Waals surface area contributed by atoms with Crippen molar-refractivity contribution in [2.75, 3.05) is 53.1 Å². The Balaban J connectivity index is 2.30. The molecular formula is C14H29N3O4S. The molecule has 0 aromatic rings. The Kier molecular flexibility index (Phi) is 8.30. The maximum atomic E-state index is 11.8. The first kappa shape index (κ1) is 19.3. The van der Waals surface area contributed by atoms with E-state index < -0.39 is 10.0 Å². The summed E-state index contributed by atoms with van der Waals surface area (Å²) in [6.45, 7) is 2.75. The van der Waals surface area contributed by atoms with Crippen LogP contribution < -0.4 is 5.32 Å². The first-order valence-corrected chi connectivity index (χ1v) is 9.62. The number of hydrogen-bond donors (Lipinski definition) is 1. The molecular weight excluding hydrogens is 306 g/mol. The van der Waals surface area contributed by atoms with Crippen LogP contribution in [0.2, 0.25) is 0 Å². The van der Waals surface area contributed by atoms with E-state index in [-0.39, 0.29) is 25.0 Å². The van der Waals surface area contributed by atoms with Crippen molar-refractivity contribution in [1.29, 1.82) is 0 Å². The first-order valence-electron chi connectivity index (χ1n) is 7.77. The lowest BCUT2D eigenvalue weighted by Crippen LogP contribution is -2.37. The van der Waals surface area contributed by atoms with Gasteiger partial charge in [0.1, 0.15) is 0 Å². The van der Waals surface area contributed by atoms with Gasteiger partial charge in [-0.1, -0.05) is 0 Å². The number of sulfonamides is 1. The van der Waals surface area contributed by atoms with Gasteiger partial charge in [0.25, 0.3) is 0 Å². The van der Waals surface area contributed by atoms with E-state index in [0.29, 0.717) is 13.1 Å². The molecule has 1 N–H and O–H groups in total. The van der Waals surface area contributed by atoms with E-state index in [2.05, 4.69) is 5.32 Å². The number of amides is 1.